The summed E-state index contributed by atoms with van der Waals surface area (Å²) in [4.78, 5) is 26.3. The number of aromatic nitrogens is 2. The van der Waals surface area contributed by atoms with Crippen LogP contribution >= 0.6 is 11.6 Å². The molecule has 0 atom stereocenters. The molecule has 1 amide bonds. The number of rotatable bonds is 8. The van der Waals surface area contributed by atoms with E-state index in [-0.39, 0.29) is 11.5 Å². The van der Waals surface area contributed by atoms with E-state index in [9.17, 15) is 14.7 Å². The van der Waals surface area contributed by atoms with E-state index in [0.29, 0.717) is 28.5 Å². The van der Waals surface area contributed by atoms with Crippen LogP contribution in [0.5, 0.6) is 0 Å². The molecule has 0 fully saturated rings. The van der Waals surface area contributed by atoms with Crippen molar-refractivity contribution >= 4 is 34.9 Å². The van der Waals surface area contributed by atoms with Gasteiger partial charge in [0.15, 0.2) is 0 Å². The molecule has 2 aromatic carbocycles. The lowest BCUT2D eigenvalue weighted by Gasteiger charge is -2.22. The molecule has 3 aromatic rings. The van der Waals surface area contributed by atoms with E-state index in [0.717, 1.165) is 24.4 Å². The van der Waals surface area contributed by atoms with Gasteiger partial charge in [0.1, 0.15) is 0 Å². The fourth-order valence-corrected chi connectivity index (χ4v) is 3.94. The zero-order valence-electron chi connectivity index (χ0n) is 18.6. The highest BCUT2D eigenvalue weighted by molar-refractivity contribution is 6.31. The summed E-state index contributed by atoms with van der Waals surface area (Å²) in [5.74, 6) is -1.42. The van der Waals surface area contributed by atoms with Crippen LogP contribution in [0, 0.1) is 13.8 Å². The third-order valence-electron chi connectivity index (χ3n) is 5.51. The number of hydrogen-bond acceptors (Lipinski definition) is 4. The highest BCUT2D eigenvalue weighted by Crippen LogP contribution is 2.25. The first-order valence-corrected chi connectivity index (χ1v) is 10.8. The van der Waals surface area contributed by atoms with Crippen molar-refractivity contribution in [1.29, 1.82) is 0 Å². The molecular formula is C24H27ClN4O3. The molecule has 1 heterocycles. The number of likely N-dealkylation sites (N-methyl/N-ethyl adjacent to an activating group) is 1. The van der Waals surface area contributed by atoms with Crippen molar-refractivity contribution in [1.82, 2.24) is 9.78 Å². The minimum absolute atomic E-state index is 0.120. The van der Waals surface area contributed by atoms with Crippen LogP contribution in [0.25, 0.3) is 0 Å². The Bertz CT molecular complexity index is 1160. The molecule has 168 valence electrons. The number of nitrogens with zero attached hydrogens (tertiary/aromatic N) is 3. The maximum absolute atomic E-state index is 12.5. The number of amides is 1. The van der Waals surface area contributed by atoms with E-state index >= 15 is 0 Å². The van der Waals surface area contributed by atoms with Crippen LogP contribution in [0.3, 0.4) is 0 Å². The van der Waals surface area contributed by atoms with Gasteiger partial charge in [-0.3, -0.25) is 9.48 Å². The molecule has 3 rings (SSSR count). The molecule has 0 aliphatic rings. The van der Waals surface area contributed by atoms with E-state index in [1.54, 1.807) is 36.4 Å². The number of nitrogens with one attached hydrogen (secondary N) is 1. The summed E-state index contributed by atoms with van der Waals surface area (Å²) in [5.41, 5.74) is 4.81. The van der Waals surface area contributed by atoms with Crippen LogP contribution in [0.4, 0.5) is 11.4 Å². The van der Waals surface area contributed by atoms with E-state index in [4.69, 9.17) is 11.6 Å². The number of carbonyl (C=O) groups excluding carboxylic acids is 1. The molecule has 0 saturated carbocycles. The number of aryl methyl sites for hydroxylation is 2. The number of carboxylic acids is 1. The predicted molar refractivity (Wildman–Crippen MR) is 127 cm³/mol. The summed E-state index contributed by atoms with van der Waals surface area (Å²) in [7, 11) is 1.86. The Balaban J connectivity index is 1.77. The largest absolute Gasteiger partial charge is 0.478 e. The maximum atomic E-state index is 12.5. The smallest absolute Gasteiger partial charge is 0.337 e. The number of carboxylic acid groups (broad SMARTS) is 1. The second-order valence-corrected chi connectivity index (χ2v) is 8.07. The normalized spacial score (nSPS) is 10.8. The Kier molecular flexibility index (Phi) is 7.20. The fraction of sp³-hybridized carbons (Fsp3) is 0.292. The molecular weight excluding hydrogens is 428 g/mol. The number of anilines is 2. The molecule has 0 spiro atoms. The Morgan fingerprint density at radius 3 is 2.56 bits per heavy atom. The Morgan fingerprint density at radius 2 is 1.94 bits per heavy atom. The minimum atomic E-state index is -1.06. The maximum Gasteiger partial charge on any atom is 0.337 e. The average molecular weight is 455 g/mol. The van der Waals surface area contributed by atoms with Gasteiger partial charge in [-0.15, -0.1) is 0 Å². The molecule has 2 N–H and O–H groups in total. The van der Waals surface area contributed by atoms with Gasteiger partial charge in [0.25, 0.3) is 5.91 Å². The molecule has 1 aromatic heterocycles. The van der Waals surface area contributed by atoms with Gasteiger partial charge in [0.2, 0.25) is 0 Å². The number of halogens is 1. The summed E-state index contributed by atoms with van der Waals surface area (Å²) < 4.78 is 1.98. The second kappa shape index (κ2) is 9.87. The summed E-state index contributed by atoms with van der Waals surface area (Å²) in [5, 5.41) is 17.5. The number of benzene rings is 2. The third kappa shape index (κ3) is 5.11. The van der Waals surface area contributed by atoms with Crippen molar-refractivity contribution in [3.63, 3.8) is 0 Å². The van der Waals surface area contributed by atoms with Crippen molar-refractivity contribution in [2.45, 2.75) is 33.7 Å². The number of hydrogen-bond donors (Lipinski definition) is 2. The standard InChI is InChI=1S/C24H27ClN4O3/c1-5-29-16(3)20(15(2)27-29)11-12-28(4)22-10-9-19(14-21(22)24(31)32)26-23(30)17-7-6-8-18(25)13-17/h6-10,13-14H,5,11-12H2,1-4H3,(H,26,30)(H,31,32). The monoisotopic (exact) mass is 454 g/mol. The van der Waals surface area contributed by atoms with Crippen LogP contribution in [-0.2, 0) is 13.0 Å². The topological polar surface area (TPSA) is 87.5 Å². The highest BCUT2D eigenvalue weighted by Gasteiger charge is 2.17. The summed E-state index contributed by atoms with van der Waals surface area (Å²) in [6, 6.07) is 11.5. The Morgan fingerprint density at radius 1 is 1.19 bits per heavy atom. The molecule has 0 unspecified atom stereocenters. The summed E-state index contributed by atoms with van der Waals surface area (Å²) >= 11 is 5.95. The van der Waals surface area contributed by atoms with Crippen LogP contribution < -0.4 is 10.2 Å². The van der Waals surface area contributed by atoms with Gasteiger partial charge >= 0.3 is 5.97 Å². The van der Waals surface area contributed by atoms with Gasteiger partial charge < -0.3 is 15.3 Å². The zero-order valence-corrected chi connectivity index (χ0v) is 19.4. The molecule has 7 nitrogen and oxygen atoms in total. The molecule has 0 bridgehead atoms. The summed E-state index contributed by atoms with van der Waals surface area (Å²) in [6.07, 6.45) is 0.750. The first kappa shape index (κ1) is 23.3. The molecule has 0 aliphatic carbocycles. The number of carbonyl (C=O) groups is 2. The van der Waals surface area contributed by atoms with Crippen LogP contribution in [0.1, 0.15) is 44.6 Å². The lowest BCUT2D eigenvalue weighted by molar-refractivity contribution is 0.0697. The van der Waals surface area contributed by atoms with Gasteiger partial charge in [-0.2, -0.15) is 5.10 Å². The second-order valence-electron chi connectivity index (χ2n) is 7.64. The van der Waals surface area contributed by atoms with E-state index in [1.807, 2.05) is 23.6 Å². The lowest BCUT2D eigenvalue weighted by atomic mass is 10.1. The molecule has 0 saturated heterocycles. The Labute approximate surface area is 192 Å². The van der Waals surface area contributed by atoms with Crippen molar-refractivity contribution in [3.8, 4) is 0 Å². The van der Waals surface area contributed by atoms with Crippen molar-refractivity contribution in [2.24, 2.45) is 0 Å². The van der Waals surface area contributed by atoms with Gasteiger partial charge in [-0.05, 0) is 69.2 Å². The molecule has 32 heavy (non-hydrogen) atoms. The van der Waals surface area contributed by atoms with Crippen molar-refractivity contribution in [3.05, 3.63) is 75.6 Å². The van der Waals surface area contributed by atoms with Gasteiger partial charge in [0.05, 0.1) is 16.9 Å². The quantitative estimate of drug-likeness (QED) is 0.510. The third-order valence-corrected chi connectivity index (χ3v) is 5.75. The van der Waals surface area contributed by atoms with E-state index in [2.05, 4.69) is 24.3 Å². The zero-order chi connectivity index (χ0) is 23.4. The summed E-state index contributed by atoms with van der Waals surface area (Å²) in [6.45, 7) is 7.55. The van der Waals surface area contributed by atoms with Crippen molar-refractivity contribution in [2.75, 3.05) is 23.8 Å². The Hall–Kier alpha value is -3.32. The van der Waals surface area contributed by atoms with E-state index < -0.39 is 5.97 Å². The predicted octanol–water partition coefficient (Wildman–Crippen LogP) is 4.80. The SMILES string of the molecule is CCn1nc(C)c(CCN(C)c2ccc(NC(=O)c3cccc(Cl)c3)cc2C(=O)O)c1C. The number of aromatic carboxylic acids is 1. The van der Waals surface area contributed by atoms with Crippen LogP contribution in [-0.4, -0.2) is 40.4 Å². The molecule has 0 aliphatic heterocycles. The van der Waals surface area contributed by atoms with Gasteiger partial charge in [-0.25, -0.2) is 4.79 Å². The van der Waals surface area contributed by atoms with Crippen molar-refractivity contribution < 1.29 is 14.7 Å². The van der Waals surface area contributed by atoms with Crippen LogP contribution in [0.15, 0.2) is 42.5 Å². The first-order chi connectivity index (χ1) is 15.2. The molecule has 0 radical (unpaired) electrons. The lowest BCUT2D eigenvalue weighted by Crippen LogP contribution is -2.23. The first-order valence-electron chi connectivity index (χ1n) is 10.4. The molecule has 8 heteroatoms. The van der Waals surface area contributed by atoms with Gasteiger partial charge in [-0.1, -0.05) is 17.7 Å². The minimum Gasteiger partial charge on any atom is -0.478 e. The highest BCUT2D eigenvalue weighted by atomic mass is 35.5. The van der Waals surface area contributed by atoms with Gasteiger partial charge in [0, 0.05) is 42.1 Å². The average Bonchev–Trinajstić information content (AvgIpc) is 3.04. The van der Waals surface area contributed by atoms with E-state index in [1.165, 1.54) is 11.6 Å². The van der Waals surface area contributed by atoms with Crippen LogP contribution in [0.2, 0.25) is 5.02 Å². The fourth-order valence-electron chi connectivity index (χ4n) is 3.75.